The molecule has 148 valence electrons. The fraction of sp³-hybridized carbons (Fsp3) is 0.333. The van der Waals surface area contributed by atoms with Gasteiger partial charge in [0.1, 0.15) is 12.4 Å². The summed E-state index contributed by atoms with van der Waals surface area (Å²) < 4.78 is 13.1. The molecular weight excluding hydrogens is 381 g/mol. The highest BCUT2D eigenvalue weighted by Gasteiger charge is 2.34. The third-order valence-electron chi connectivity index (χ3n) is 4.87. The zero-order valence-electron chi connectivity index (χ0n) is 15.7. The summed E-state index contributed by atoms with van der Waals surface area (Å²) in [5.41, 5.74) is 2.41. The first-order valence-electron chi connectivity index (χ1n) is 9.33. The van der Waals surface area contributed by atoms with Gasteiger partial charge in [-0.3, -0.25) is 9.59 Å². The van der Waals surface area contributed by atoms with Gasteiger partial charge in [0, 0.05) is 29.1 Å². The maximum Gasteiger partial charge on any atom is 0.275 e. The second kappa shape index (κ2) is 9.17. The molecule has 0 heterocycles. The maximum atomic E-state index is 13.1. The molecule has 28 heavy (non-hydrogen) atoms. The molecule has 0 radical (unpaired) electrons. The number of carbonyl (C=O) groups is 2. The molecule has 0 aliphatic heterocycles. The summed E-state index contributed by atoms with van der Waals surface area (Å²) in [6.07, 6.45) is 2.16. The highest BCUT2D eigenvalue weighted by Crippen LogP contribution is 2.22. The number of quaternary nitrogens is 1. The molecule has 0 saturated heterocycles. The van der Waals surface area contributed by atoms with E-state index in [9.17, 15) is 14.0 Å². The van der Waals surface area contributed by atoms with Crippen LogP contribution in [0, 0.1) is 12.7 Å². The van der Waals surface area contributed by atoms with Gasteiger partial charge in [-0.15, -0.1) is 0 Å². The van der Waals surface area contributed by atoms with Gasteiger partial charge in [0.25, 0.3) is 5.91 Å². The number of nitrogens with one attached hydrogen (secondary N) is 3. The van der Waals surface area contributed by atoms with Gasteiger partial charge in [-0.2, -0.15) is 0 Å². The van der Waals surface area contributed by atoms with Gasteiger partial charge in [-0.05, 0) is 36.8 Å². The molecule has 5 nitrogen and oxygen atoms in total. The number of anilines is 1. The lowest BCUT2D eigenvalue weighted by Crippen LogP contribution is -3.13. The number of hydrogen-bond acceptors (Lipinski definition) is 2. The Morgan fingerprint density at radius 3 is 2.54 bits per heavy atom. The smallest absolute Gasteiger partial charge is 0.275 e. The molecule has 7 heteroatoms. The zero-order valence-corrected chi connectivity index (χ0v) is 16.5. The fourth-order valence-electron chi connectivity index (χ4n) is 3.09. The van der Waals surface area contributed by atoms with E-state index in [1.165, 1.54) is 12.1 Å². The van der Waals surface area contributed by atoms with Crippen LogP contribution in [0.2, 0.25) is 5.02 Å². The van der Waals surface area contributed by atoms with E-state index >= 15 is 0 Å². The highest BCUT2D eigenvalue weighted by molar-refractivity contribution is 6.31. The summed E-state index contributed by atoms with van der Waals surface area (Å²) in [5.74, 6) is -0.748. The van der Waals surface area contributed by atoms with Crippen LogP contribution in [0.5, 0.6) is 0 Å². The molecule has 2 aromatic rings. The lowest BCUT2D eigenvalue weighted by atomic mass is 10.2. The lowest BCUT2D eigenvalue weighted by Gasteiger charge is -2.19. The van der Waals surface area contributed by atoms with Gasteiger partial charge in [0.15, 0.2) is 6.54 Å². The SMILES string of the molecule is Cc1c(Cl)cccc1NC(=O)CNC(=O)C[NH+](Cc1ccc(F)cc1)C1CC1. The van der Waals surface area contributed by atoms with Gasteiger partial charge in [-0.1, -0.05) is 29.8 Å². The lowest BCUT2D eigenvalue weighted by molar-refractivity contribution is -0.917. The molecule has 2 aromatic carbocycles. The minimum atomic E-state index is -0.301. The van der Waals surface area contributed by atoms with Crippen molar-refractivity contribution in [1.29, 1.82) is 0 Å². The van der Waals surface area contributed by atoms with Gasteiger partial charge >= 0.3 is 0 Å². The summed E-state index contributed by atoms with van der Waals surface area (Å²) >= 11 is 6.05. The summed E-state index contributed by atoms with van der Waals surface area (Å²) in [6.45, 7) is 2.67. The molecule has 3 rings (SSSR count). The van der Waals surface area contributed by atoms with Gasteiger partial charge in [-0.25, -0.2) is 4.39 Å². The van der Waals surface area contributed by atoms with E-state index in [0.717, 1.165) is 28.9 Å². The van der Waals surface area contributed by atoms with Crippen molar-refractivity contribution < 1.29 is 18.9 Å². The standard InChI is InChI=1S/C21H23ClFN3O2/c1-14-18(22)3-2-4-19(14)25-20(27)11-24-21(28)13-26(17-9-10-17)12-15-5-7-16(23)8-6-15/h2-8,17H,9-13H2,1H3,(H,24,28)(H,25,27)/p+1. The number of carbonyl (C=O) groups excluding carboxylic acids is 2. The molecule has 1 saturated carbocycles. The normalized spacial score (nSPS) is 14.4. The Morgan fingerprint density at radius 2 is 1.86 bits per heavy atom. The van der Waals surface area contributed by atoms with E-state index in [-0.39, 0.29) is 30.7 Å². The first kappa shape index (κ1) is 20.3. The summed E-state index contributed by atoms with van der Waals surface area (Å²) in [7, 11) is 0. The molecule has 3 N–H and O–H groups in total. The second-order valence-electron chi connectivity index (χ2n) is 7.15. The zero-order chi connectivity index (χ0) is 20.1. The van der Waals surface area contributed by atoms with Crippen LogP contribution in [0.3, 0.4) is 0 Å². The van der Waals surface area contributed by atoms with Crippen LogP contribution in [0.4, 0.5) is 10.1 Å². The van der Waals surface area contributed by atoms with Crippen molar-refractivity contribution >= 4 is 29.1 Å². The predicted molar refractivity (Wildman–Crippen MR) is 107 cm³/mol. The van der Waals surface area contributed by atoms with E-state index < -0.39 is 0 Å². The van der Waals surface area contributed by atoms with Crippen molar-refractivity contribution in [2.24, 2.45) is 0 Å². The van der Waals surface area contributed by atoms with Crippen molar-refractivity contribution in [1.82, 2.24) is 5.32 Å². The van der Waals surface area contributed by atoms with E-state index in [2.05, 4.69) is 10.6 Å². The van der Waals surface area contributed by atoms with Crippen molar-refractivity contribution in [3.05, 3.63) is 64.4 Å². The monoisotopic (exact) mass is 404 g/mol. The highest BCUT2D eigenvalue weighted by atomic mass is 35.5. The molecule has 0 bridgehead atoms. The van der Waals surface area contributed by atoms with Crippen LogP contribution in [-0.2, 0) is 16.1 Å². The van der Waals surface area contributed by atoms with E-state index in [0.29, 0.717) is 23.3 Å². The molecule has 1 aliphatic rings. The van der Waals surface area contributed by atoms with E-state index in [4.69, 9.17) is 11.6 Å². The predicted octanol–water partition coefficient (Wildman–Crippen LogP) is 2.09. The Bertz CT molecular complexity index is 853. The molecule has 1 atom stereocenters. The third-order valence-corrected chi connectivity index (χ3v) is 5.28. The molecule has 1 fully saturated rings. The number of halogens is 2. The maximum absolute atomic E-state index is 13.1. The molecule has 0 aromatic heterocycles. The third kappa shape index (κ3) is 5.78. The number of amides is 2. The van der Waals surface area contributed by atoms with E-state index in [1.54, 1.807) is 30.3 Å². The van der Waals surface area contributed by atoms with Crippen molar-refractivity contribution in [3.8, 4) is 0 Å². The molecule has 1 aliphatic carbocycles. The van der Waals surface area contributed by atoms with Crippen LogP contribution in [0.1, 0.15) is 24.0 Å². The average molecular weight is 405 g/mol. The fourth-order valence-corrected chi connectivity index (χ4v) is 3.27. The Balaban J connectivity index is 1.48. The minimum Gasteiger partial charge on any atom is -0.342 e. The Hall–Kier alpha value is -2.44. The van der Waals surface area contributed by atoms with Crippen LogP contribution in [-0.4, -0.2) is 30.9 Å². The van der Waals surface area contributed by atoms with Crippen LogP contribution < -0.4 is 15.5 Å². The Morgan fingerprint density at radius 1 is 1.14 bits per heavy atom. The quantitative estimate of drug-likeness (QED) is 0.631. The van der Waals surface area contributed by atoms with Crippen molar-refractivity contribution in [2.45, 2.75) is 32.4 Å². The van der Waals surface area contributed by atoms with Gasteiger partial charge in [0.2, 0.25) is 5.91 Å². The van der Waals surface area contributed by atoms with Crippen molar-refractivity contribution in [3.63, 3.8) is 0 Å². The molecule has 0 spiro atoms. The molecule has 2 amide bonds. The summed E-state index contributed by atoms with van der Waals surface area (Å²) in [4.78, 5) is 25.6. The Kier molecular flexibility index (Phi) is 6.65. The topological polar surface area (TPSA) is 62.6 Å². The second-order valence-corrected chi connectivity index (χ2v) is 7.56. The van der Waals surface area contributed by atoms with Crippen LogP contribution >= 0.6 is 11.6 Å². The largest absolute Gasteiger partial charge is 0.342 e. The van der Waals surface area contributed by atoms with Crippen molar-refractivity contribution in [2.75, 3.05) is 18.4 Å². The van der Waals surface area contributed by atoms with Crippen LogP contribution in [0.15, 0.2) is 42.5 Å². The summed E-state index contributed by atoms with van der Waals surface area (Å²) in [5, 5.41) is 6.01. The molecule has 1 unspecified atom stereocenters. The number of hydrogen-bond donors (Lipinski definition) is 3. The average Bonchev–Trinajstić information content (AvgIpc) is 3.50. The first-order chi connectivity index (χ1) is 13.4. The first-order valence-corrected chi connectivity index (χ1v) is 9.71. The number of benzene rings is 2. The van der Waals surface area contributed by atoms with Crippen LogP contribution in [0.25, 0.3) is 0 Å². The Labute approximate surface area is 168 Å². The van der Waals surface area contributed by atoms with E-state index in [1.807, 2.05) is 6.92 Å². The molecular formula is C21H24ClFN3O2+. The summed E-state index contributed by atoms with van der Waals surface area (Å²) in [6, 6.07) is 12.1. The van der Waals surface area contributed by atoms with Gasteiger partial charge in [0.05, 0.1) is 12.6 Å². The number of rotatable bonds is 8. The minimum absolute atomic E-state index is 0.0979. The van der Waals surface area contributed by atoms with Gasteiger partial charge < -0.3 is 15.5 Å².